The molecule has 1 aliphatic heterocycles. The third-order valence-corrected chi connectivity index (χ3v) is 8.99. The number of carbonyl (C=O) groups is 5. The van der Waals surface area contributed by atoms with Crippen molar-refractivity contribution >= 4 is 62.4 Å². The van der Waals surface area contributed by atoms with E-state index in [1.807, 2.05) is 6.08 Å². The minimum absolute atomic E-state index is 0.0881. The summed E-state index contributed by atoms with van der Waals surface area (Å²) in [6.07, 6.45) is 3.49. The second-order valence-electron chi connectivity index (χ2n) is 10.2. The average Bonchev–Trinajstić information content (AvgIpc) is 3.17. The van der Waals surface area contributed by atoms with Crippen LogP contribution in [0.4, 0.5) is 5.69 Å². The number of phenols is 1. The fourth-order valence-corrected chi connectivity index (χ4v) is 7.05. The molecule has 4 atom stereocenters. The van der Waals surface area contributed by atoms with Gasteiger partial charge in [-0.15, -0.1) is 0 Å². The molecule has 2 aromatic carbocycles. The number of hydrogen-bond donors (Lipinski definition) is 1. The van der Waals surface area contributed by atoms with E-state index in [2.05, 4.69) is 15.9 Å². The first-order valence-electron chi connectivity index (χ1n) is 12.4. The SMILES string of the molecule is CC(=O)c1ccc(N2C(=O)C3CC=C4C(c5cc(Cl)ccc5O)C5=C(CC4C3C2=O)C(=O)C(Br)=CC5=O)cc1. The van der Waals surface area contributed by atoms with E-state index < -0.39 is 29.6 Å². The fourth-order valence-electron chi connectivity index (χ4n) is 6.42. The van der Waals surface area contributed by atoms with Gasteiger partial charge in [0.2, 0.25) is 11.8 Å². The third kappa shape index (κ3) is 3.88. The zero-order valence-electron chi connectivity index (χ0n) is 20.6. The zero-order valence-corrected chi connectivity index (χ0v) is 23.0. The minimum atomic E-state index is -0.793. The molecule has 6 rings (SSSR count). The van der Waals surface area contributed by atoms with Gasteiger partial charge in [-0.3, -0.25) is 28.9 Å². The lowest BCUT2D eigenvalue weighted by Gasteiger charge is -2.42. The van der Waals surface area contributed by atoms with Crippen LogP contribution in [0.2, 0.25) is 5.02 Å². The lowest BCUT2D eigenvalue weighted by atomic mass is 9.59. The van der Waals surface area contributed by atoms with Gasteiger partial charge in [-0.25, -0.2) is 0 Å². The number of phenolic OH excluding ortho intramolecular Hbond substituents is 1. The summed E-state index contributed by atoms with van der Waals surface area (Å²) < 4.78 is 0.126. The molecule has 1 saturated heterocycles. The number of halogens is 2. The fraction of sp³-hybridized carbons (Fsp3) is 0.233. The minimum Gasteiger partial charge on any atom is -0.508 e. The number of anilines is 1. The number of benzene rings is 2. The number of Topliss-reactive ketones (excluding diaryl/α,β-unsaturated/α-hetero) is 2. The van der Waals surface area contributed by atoms with Crippen LogP contribution in [0.3, 0.4) is 0 Å². The van der Waals surface area contributed by atoms with Crippen molar-refractivity contribution in [1.82, 2.24) is 0 Å². The number of carbonyl (C=O) groups excluding carboxylic acids is 5. The van der Waals surface area contributed by atoms with Crippen molar-refractivity contribution < 1.29 is 29.1 Å². The highest BCUT2D eigenvalue weighted by Crippen LogP contribution is 2.56. The van der Waals surface area contributed by atoms with Crippen LogP contribution in [0, 0.1) is 17.8 Å². The maximum atomic E-state index is 13.9. The van der Waals surface area contributed by atoms with E-state index in [0.29, 0.717) is 21.8 Å². The third-order valence-electron chi connectivity index (χ3n) is 8.16. The van der Waals surface area contributed by atoms with Gasteiger partial charge in [-0.05, 0) is 84.1 Å². The summed E-state index contributed by atoms with van der Waals surface area (Å²) >= 11 is 9.48. The van der Waals surface area contributed by atoms with Crippen LogP contribution in [0.5, 0.6) is 5.75 Å². The van der Waals surface area contributed by atoms with E-state index in [0.717, 1.165) is 10.5 Å². The van der Waals surface area contributed by atoms with Gasteiger partial charge in [-0.2, -0.15) is 0 Å². The van der Waals surface area contributed by atoms with E-state index >= 15 is 0 Å². The van der Waals surface area contributed by atoms with E-state index in [1.54, 1.807) is 30.3 Å². The lowest BCUT2D eigenvalue weighted by Crippen LogP contribution is -2.39. The number of amides is 2. The van der Waals surface area contributed by atoms with Crippen LogP contribution >= 0.6 is 27.5 Å². The first kappa shape index (κ1) is 25.6. The smallest absolute Gasteiger partial charge is 0.238 e. The molecule has 1 fully saturated rings. The van der Waals surface area contributed by atoms with Crippen LogP contribution in [0.25, 0.3) is 0 Å². The predicted octanol–water partition coefficient (Wildman–Crippen LogP) is 5.21. The molecule has 4 unspecified atom stereocenters. The van der Waals surface area contributed by atoms with Crippen LogP contribution in [-0.2, 0) is 19.2 Å². The molecule has 0 saturated carbocycles. The molecule has 1 heterocycles. The maximum absolute atomic E-state index is 13.9. The zero-order chi connectivity index (χ0) is 27.7. The molecule has 2 amide bonds. The molecule has 0 bridgehead atoms. The number of allylic oxidation sites excluding steroid dienone is 6. The van der Waals surface area contributed by atoms with Crippen LogP contribution in [0.1, 0.15) is 41.6 Å². The summed E-state index contributed by atoms with van der Waals surface area (Å²) in [5.41, 5.74) is 2.45. The standard InChI is InChI=1S/C30H21BrClNO6/c1-13(34)14-2-5-16(6-3-14)33-29(38)18-8-7-17-19(26(18)30(33)39)11-21-27(24(36)12-22(31)28(21)37)25(17)20-10-15(32)4-9-23(20)35/h2-7,9-10,12,18-19,25-26,35H,8,11H2,1H3. The first-order chi connectivity index (χ1) is 18.6. The molecule has 2 aromatic rings. The number of rotatable bonds is 3. The molecule has 0 aromatic heterocycles. The second kappa shape index (κ2) is 9.24. The van der Waals surface area contributed by atoms with E-state index in [1.165, 1.54) is 25.1 Å². The molecule has 196 valence electrons. The van der Waals surface area contributed by atoms with Gasteiger partial charge >= 0.3 is 0 Å². The Kier molecular flexibility index (Phi) is 6.08. The molecule has 3 aliphatic carbocycles. The number of nitrogens with zero attached hydrogens (tertiary/aromatic N) is 1. The Hall–Kier alpha value is -3.62. The molecule has 39 heavy (non-hydrogen) atoms. The molecule has 7 nitrogen and oxygen atoms in total. The molecule has 9 heteroatoms. The van der Waals surface area contributed by atoms with Gasteiger partial charge in [0.05, 0.1) is 22.0 Å². The number of aromatic hydroxyl groups is 1. The summed E-state index contributed by atoms with van der Waals surface area (Å²) in [5.74, 6) is -4.39. The van der Waals surface area contributed by atoms with Gasteiger partial charge < -0.3 is 5.11 Å². The molecule has 0 spiro atoms. The Bertz CT molecular complexity index is 1620. The molecule has 0 radical (unpaired) electrons. The molecule has 4 aliphatic rings. The Morgan fingerprint density at radius 3 is 2.44 bits per heavy atom. The van der Waals surface area contributed by atoms with E-state index in [9.17, 15) is 29.1 Å². The monoisotopic (exact) mass is 605 g/mol. The summed E-state index contributed by atoms with van der Waals surface area (Å²) in [5, 5.41) is 11.2. The Labute approximate surface area is 236 Å². The normalized spacial score (nSPS) is 26.2. The quantitative estimate of drug-likeness (QED) is 0.222. The van der Waals surface area contributed by atoms with Crippen molar-refractivity contribution in [3.05, 3.63) is 92.0 Å². The summed E-state index contributed by atoms with van der Waals surface area (Å²) in [6.45, 7) is 1.44. The average molecular weight is 607 g/mol. The van der Waals surface area contributed by atoms with Gasteiger partial charge in [0.15, 0.2) is 17.3 Å². The van der Waals surface area contributed by atoms with Gasteiger partial charge in [-0.1, -0.05) is 23.3 Å². The predicted molar refractivity (Wildman–Crippen MR) is 147 cm³/mol. The molecular weight excluding hydrogens is 586 g/mol. The van der Waals surface area contributed by atoms with Crippen molar-refractivity contribution in [1.29, 1.82) is 0 Å². The van der Waals surface area contributed by atoms with Crippen molar-refractivity contribution in [2.75, 3.05) is 4.90 Å². The van der Waals surface area contributed by atoms with Crippen molar-refractivity contribution in [2.45, 2.75) is 25.7 Å². The molecule has 1 N–H and O–H groups in total. The van der Waals surface area contributed by atoms with Crippen LogP contribution in [-0.4, -0.2) is 34.3 Å². The van der Waals surface area contributed by atoms with Crippen LogP contribution in [0.15, 0.2) is 75.8 Å². The topological polar surface area (TPSA) is 109 Å². The lowest BCUT2D eigenvalue weighted by molar-refractivity contribution is -0.123. The maximum Gasteiger partial charge on any atom is 0.238 e. The highest BCUT2D eigenvalue weighted by atomic mass is 79.9. The first-order valence-corrected chi connectivity index (χ1v) is 13.6. The number of fused-ring (bicyclic) bond motifs is 3. The van der Waals surface area contributed by atoms with Gasteiger partial charge in [0.25, 0.3) is 0 Å². The number of hydrogen-bond acceptors (Lipinski definition) is 6. The Morgan fingerprint density at radius 1 is 1.03 bits per heavy atom. The number of imide groups is 1. The number of ketones is 3. The van der Waals surface area contributed by atoms with E-state index in [4.69, 9.17) is 11.6 Å². The molecular formula is C30H21BrClNO6. The van der Waals surface area contributed by atoms with Crippen molar-refractivity contribution in [3.8, 4) is 5.75 Å². The van der Waals surface area contributed by atoms with E-state index in [-0.39, 0.29) is 57.5 Å². The Morgan fingerprint density at radius 2 is 1.74 bits per heavy atom. The summed E-state index contributed by atoms with van der Waals surface area (Å²) in [6, 6.07) is 10.9. The van der Waals surface area contributed by atoms with Crippen molar-refractivity contribution in [3.63, 3.8) is 0 Å². The summed E-state index contributed by atoms with van der Waals surface area (Å²) in [7, 11) is 0. The van der Waals surface area contributed by atoms with Crippen molar-refractivity contribution in [2.24, 2.45) is 17.8 Å². The van der Waals surface area contributed by atoms with Gasteiger partial charge in [0, 0.05) is 39.3 Å². The summed E-state index contributed by atoms with van der Waals surface area (Å²) in [4.78, 5) is 66.9. The largest absolute Gasteiger partial charge is 0.508 e. The van der Waals surface area contributed by atoms with Gasteiger partial charge in [0.1, 0.15) is 5.75 Å². The Balaban J connectivity index is 1.47. The highest BCUT2D eigenvalue weighted by molar-refractivity contribution is 9.12. The highest BCUT2D eigenvalue weighted by Gasteiger charge is 2.56. The van der Waals surface area contributed by atoms with Crippen LogP contribution < -0.4 is 4.90 Å². The second-order valence-corrected chi connectivity index (χ2v) is 11.5.